The van der Waals surface area contributed by atoms with Crippen molar-refractivity contribution < 1.29 is 24.0 Å². The van der Waals surface area contributed by atoms with Gasteiger partial charge in [0, 0.05) is 24.7 Å². The highest BCUT2D eigenvalue weighted by molar-refractivity contribution is 5.97. The maximum atomic E-state index is 12.4. The zero-order valence-corrected chi connectivity index (χ0v) is 14.4. The van der Waals surface area contributed by atoms with E-state index in [1.165, 1.54) is 12.1 Å². The highest BCUT2D eigenvalue weighted by Crippen LogP contribution is 2.27. The molecule has 1 fully saturated rings. The summed E-state index contributed by atoms with van der Waals surface area (Å²) in [5.41, 5.74) is -0.948. The number of benzene rings is 1. The van der Waals surface area contributed by atoms with Crippen LogP contribution in [0.4, 0.5) is 16.2 Å². The molecule has 1 aliphatic heterocycles. The first-order valence-electron chi connectivity index (χ1n) is 7.83. The van der Waals surface area contributed by atoms with E-state index in [0.717, 1.165) is 6.07 Å². The van der Waals surface area contributed by atoms with Gasteiger partial charge in [-0.25, -0.2) is 4.79 Å². The van der Waals surface area contributed by atoms with Crippen LogP contribution >= 0.6 is 0 Å². The number of amides is 2. The summed E-state index contributed by atoms with van der Waals surface area (Å²) in [6.07, 6.45) is -0.803. The van der Waals surface area contributed by atoms with Crippen molar-refractivity contribution >= 4 is 23.4 Å². The lowest BCUT2D eigenvalue weighted by Gasteiger charge is -2.26. The van der Waals surface area contributed by atoms with Gasteiger partial charge in [0.2, 0.25) is 0 Å². The second kappa shape index (κ2) is 7.47. The van der Waals surface area contributed by atoms with E-state index in [2.05, 4.69) is 5.32 Å². The van der Waals surface area contributed by atoms with Crippen molar-refractivity contribution in [2.24, 2.45) is 0 Å². The molecule has 9 heteroatoms. The number of ether oxygens (including phenoxy) is 2. The summed E-state index contributed by atoms with van der Waals surface area (Å²) in [6.45, 7) is 6.80. The number of carbonyl (C=O) groups excluding carboxylic acids is 2. The van der Waals surface area contributed by atoms with Crippen LogP contribution in [0.1, 0.15) is 31.1 Å². The Balaban J connectivity index is 2.21. The van der Waals surface area contributed by atoms with Crippen molar-refractivity contribution in [1.82, 2.24) is 4.90 Å². The van der Waals surface area contributed by atoms with Gasteiger partial charge < -0.3 is 14.4 Å². The number of rotatable bonds is 3. The minimum absolute atomic E-state index is 0.0298. The molecule has 0 aliphatic carbocycles. The predicted octanol–water partition coefficient (Wildman–Crippen LogP) is 2.41. The van der Waals surface area contributed by atoms with Gasteiger partial charge in [-0.15, -0.1) is 0 Å². The fraction of sp³-hybridized carbons (Fsp3) is 0.500. The van der Waals surface area contributed by atoms with E-state index in [1.54, 1.807) is 25.7 Å². The number of nitrogens with zero attached hydrogens (tertiary/aromatic N) is 2. The minimum atomic E-state index is -0.803. The smallest absolute Gasteiger partial charge is 0.412 e. The van der Waals surface area contributed by atoms with Crippen LogP contribution in [-0.2, 0) is 9.47 Å². The molecule has 0 saturated carbocycles. The number of carbonyl (C=O) groups is 2. The summed E-state index contributed by atoms with van der Waals surface area (Å²) in [5.74, 6) is -0.310. The topological polar surface area (TPSA) is 111 Å². The van der Waals surface area contributed by atoms with E-state index in [9.17, 15) is 19.7 Å². The first-order valence-corrected chi connectivity index (χ1v) is 7.83. The summed E-state index contributed by atoms with van der Waals surface area (Å²) in [7, 11) is 0. The van der Waals surface area contributed by atoms with Crippen LogP contribution < -0.4 is 5.32 Å². The molecule has 1 aromatic carbocycles. The van der Waals surface area contributed by atoms with Gasteiger partial charge in [-0.1, -0.05) is 0 Å². The summed E-state index contributed by atoms with van der Waals surface area (Å²) in [4.78, 5) is 36.5. The maximum absolute atomic E-state index is 12.4. The Kier molecular flexibility index (Phi) is 5.58. The SMILES string of the molecule is CC(C)(C)OC(=O)Nc1ccc(C(=O)N2CCOCC2)cc1[N+](=O)[O-]. The van der Waals surface area contributed by atoms with Crippen molar-refractivity contribution in [3.8, 4) is 0 Å². The van der Waals surface area contributed by atoms with Crippen molar-refractivity contribution in [1.29, 1.82) is 0 Å². The second-order valence-electron chi connectivity index (χ2n) is 6.52. The van der Waals surface area contributed by atoms with Gasteiger partial charge in [-0.05, 0) is 32.9 Å². The number of hydrogen-bond acceptors (Lipinski definition) is 6. The Morgan fingerprint density at radius 2 is 1.92 bits per heavy atom. The van der Waals surface area contributed by atoms with Crippen LogP contribution in [0.2, 0.25) is 0 Å². The van der Waals surface area contributed by atoms with Crippen LogP contribution in [0, 0.1) is 10.1 Å². The molecule has 1 saturated heterocycles. The van der Waals surface area contributed by atoms with Gasteiger partial charge in [0.1, 0.15) is 11.3 Å². The Morgan fingerprint density at radius 3 is 2.48 bits per heavy atom. The maximum Gasteiger partial charge on any atom is 0.412 e. The van der Waals surface area contributed by atoms with Crippen LogP contribution in [-0.4, -0.2) is 53.7 Å². The van der Waals surface area contributed by atoms with E-state index in [4.69, 9.17) is 9.47 Å². The second-order valence-corrected chi connectivity index (χ2v) is 6.52. The minimum Gasteiger partial charge on any atom is -0.444 e. The van der Waals surface area contributed by atoms with Gasteiger partial charge in [0.15, 0.2) is 0 Å². The quantitative estimate of drug-likeness (QED) is 0.661. The molecule has 2 rings (SSSR count). The van der Waals surface area contributed by atoms with Gasteiger partial charge in [0.25, 0.3) is 11.6 Å². The molecular weight excluding hydrogens is 330 g/mol. The van der Waals surface area contributed by atoms with Crippen LogP contribution in [0.5, 0.6) is 0 Å². The first kappa shape index (κ1) is 18.7. The van der Waals surface area contributed by atoms with E-state index in [1.807, 2.05) is 0 Å². The van der Waals surface area contributed by atoms with E-state index >= 15 is 0 Å². The molecule has 0 aromatic heterocycles. The van der Waals surface area contributed by atoms with Crippen molar-refractivity contribution in [3.63, 3.8) is 0 Å². The van der Waals surface area contributed by atoms with Crippen molar-refractivity contribution in [2.75, 3.05) is 31.6 Å². The molecule has 2 amide bonds. The van der Waals surface area contributed by atoms with Crippen LogP contribution in [0.15, 0.2) is 18.2 Å². The standard InChI is InChI=1S/C16H21N3O6/c1-16(2,3)25-15(21)17-12-5-4-11(10-13(12)19(22)23)14(20)18-6-8-24-9-7-18/h4-5,10H,6-9H2,1-3H3,(H,17,21). The molecule has 1 heterocycles. The third-order valence-electron chi connectivity index (χ3n) is 3.38. The molecule has 0 bridgehead atoms. The summed E-state index contributed by atoms with van der Waals surface area (Å²) in [5, 5.41) is 13.7. The highest BCUT2D eigenvalue weighted by atomic mass is 16.6. The highest BCUT2D eigenvalue weighted by Gasteiger charge is 2.24. The molecule has 0 radical (unpaired) electrons. The zero-order chi connectivity index (χ0) is 18.6. The molecule has 9 nitrogen and oxygen atoms in total. The van der Waals surface area contributed by atoms with E-state index < -0.39 is 16.6 Å². The lowest BCUT2D eigenvalue weighted by atomic mass is 10.1. The molecule has 1 aromatic rings. The Bertz CT molecular complexity index is 677. The third kappa shape index (κ3) is 5.15. The molecular formula is C16H21N3O6. The number of hydrogen-bond donors (Lipinski definition) is 1. The Morgan fingerprint density at radius 1 is 1.28 bits per heavy atom. The van der Waals surface area contributed by atoms with Gasteiger partial charge >= 0.3 is 6.09 Å². The summed E-state index contributed by atoms with van der Waals surface area (Å²) in [6, 6.07) is 3.93. The molecule has 1 aliphatic rings. The van der Waals surface area contributed by atoms with Crippen molar-refractivity contribution in [3.05, 3.63) is 33.9 Å². The number of morpholine rings is 1. The van der Waals surface area contributed by atoms with Gasteiger partial charge in [-0.2, -0.15) is 0 Å². The van der Waals surface area contributed by atoms with Crippen LogP contribution in [0.25, 0.3) is 0 Å². The number of anilines is 1. The summed E-state index contributed by atoms with van der Waals surface area (Å²) >= 11 is 0. The fourth-order valence-corrected chi connectivity index (χ4v) is 2.28. The number of nitro groups is 1. The normalized spacial score (nSPS) is 14.8. The molecule has 0 unspecified atom stereocenters. The largest absolute Gasteiger partial charge is 0.444 e. The first-order chi connectivity index (χ1) is 11.7. The monoisotopic (exact) mass is 351 g/mol. The third-order valence-corrected chi connectivity index (χ3v) is 3.38. The van der Waals surface area contributed by atoms with Crippen LogP contribution in [0.3, 0.4) is 0 Å². The average Bonchev–Trinajstić information content (AvgIpc) is 2.53. The molecule has 0 spiro atoms. The van der Waals surface area contributed by atoms with Crippen molar-refractivity contribution in [2.45, 2.75) is 26.4 Å². The number of nitrogens with one attached hydrogen (secondary N) is 1. The number of nitro benzene ring substituents is 1. The van der Waals surface area contributed by atoms with E-state index in [-0.39, 0.29) is 22.8 Å². The average molecular weight is 351 g/mol. The van der Waals surface area contributed by atoms with E-state index in [0.29, 0.717) is 26.3 Å². The van der Waals surface area contributed by atoms with Gasteiger partial charge in [0.05, 0.1) is 18.1 Å². The predicted molar refractivity (Wildman–Crippen MR) is 89.7 cm³/mol. The zero-order valence-electron chi connectivity index (χ0n) is 14.4. The molecule has 25 heavy (non-hydrogen) atoms. The lowest BCUT2D eigenvalue weighted by molar-refractivity contribution is -0.384. The fourth-order valence-electron chi connectivity index (χ4n) is 2.28. The Labute approximate surface area is 145 Å². The van der Waals surface area contributed by atoms with Gasteiger partial charge in [-0.3, -0.25) is 20.2 Å². The Hall–Kier alpha value is -2.68. The molecule has 0 atom stereocenters. The lowest BCUT2D eigenvalue weighted by Crippen LogP contribution is -2.40. The molecule has 1 N–H and O–H groups in total. The summed E-state index contributed by atoms with van der Waals surface area (Å²) < 4.78 is 10.3. The molecule has 136 valence electrons.